The highest BCUT2D eigenvalue weighted by Crippen LogP contribution is 2.31. The van der Waals surface area contributed by atoms with Gasteiger partial charge in [-0.1, -0.05) is 54.1 Å². The molecule has 4 rings (SSSR count). The molecule has 0 saturated carbocycles. The van der Waals surface area contributed by atoms with Crippen LogP contribution in [0.25, 0.3) is 0 Å². The first-order valence-electron chi connectivity index (χ1n) is 10.4. The van der Waals surface area contributed by atoms with E-state index in [2.05, 4.69) is 5.32 Å². The highest BCUT2D eigenvalue weighted by Gasteiger charge is 2.30. The third-order valence-corrected chi connectivity index (χ3v) is 9.45. The number of halogens is 2. The van der Waals surface area contributed by atoms with Crippen LogP contribution in [-0.4, -0.2) is 20.9 Å². The van der Waals surface area contributed by atoms with E-state index < -0.39 is 28.3 Å². The van der Waals surface area contributed by atoms with Crippen molar-refractivity contribution < 1.29 is 17.6 Å². The molecule has 0 saturated heterocycles. The van der Waals surface area contributed by atoms with E-state index in [1.807, 2.05) is 36.4 Å². The number of hydrogen-bond acceptors (Lipinski definition) is 5. The zero-order valence-corrected chi connectivity index (χ0v) is 21.4. The van der Waals surface area contributed by atoms with E-state index in [-0.39, 0.29) is 9.90 Å². The van der Waals surface area contributed by atoms with Crippen molar-refractivity contribution in [3.63, 3.8) is 0 Å². The van der Waals surface area contributed by atoms with E-state index >= 15 is 0 Å². The lowest BCUT2D eigenvalue weighted by Crippen LogP contribution is -2.38. The zero-order valence-electron chi connectivity index (χ0n) is 18.2. The minimum Gasteiger partial charge on any atom is -0.323 e. The fourth-order valence-electron chi connectivity index (χ4n) is 3.23. The van der Waals surface area contributed by atoms with E-state index in [9.17, 15) is 17.6 Å². The molecule has 3 aromatic carbocycles. The molecule has 0 aliphatic heterocycles. The molecule has 35 heavy (non-hydrogen) atoms. The molecule has 1 aromatic heterocycles. The Labute approximate surface area is 216 Å². The molecular formula is C25H20ClFN2O3S3. The van der Waals surface area contributed by atoms with E-state index in [1.165, 1.54) is 36.0 Å². The number of nitrogens with one attached hydrogen (secondary N) is 1. The Bertz CT molecular complexity index is 1410. The first kappa shape index (κ1) is 25.2. The van der Waals surface area contributed by atoms with Gasteiger partial charge in [0.25, 0.3) is 10.0 Å². The molecular weight excluding hydrogens is 527 g/mol. The number of benzene rings is 3. The topological polar surface area (TPSA) is 66.5 Å². The highest BCUT2D eigenvalue weighted by atomic mass is 35.5. The van der Waals surface area contributed by atoms with Gasteiger partial charge >= 0.3 is 0 Å². The van der Waals surface area contributed by atoms with Gasteiger partial charge in [0.05, 0.1) is 11.4 Å². The van der Waals surface area contributed by atoms with Gasteiger partial charge in [-0.25, -0.2) is 12.8 Å². The van der Waals surface area contributed by atoms with Crippen LogP contribution in [0.2, 0.25) is 5.02 Å². The number of sulfonamides is 1. The van der Waals surface area contributed by atoms with E-state index in [1.54, 1.807) is 23.6 Å². The molecule has 0 aliphatic carbocycles. The predicted octanol–water partition coefficient (Wildman–Crippen LogP) is 6.67. The van der Waals surface area contributed by atoms with Gasteiger partial charge in [-0.3, -0.25) is 9.10 Å². The van der Waals surface area contributed by atoms with E-state index in [4.69, 9.17) is 11.6 Å². The second-order valence-electron chi connectivity index (χ2n) is 7.35. The number of thioether (sulfide) groups is 1. The third-order valence-electron chi connectivity index (χ3n) is 4.92. The number of carbonyl (C=O) groups excluding carboxylic acids is 1. The molecule has 1 N–H and O–H groups in total. The van der Waals surface area contributed by atoms with Crippen LogP contribution in [0.5, 0.6) is 0 Å². The Morgan fingerprint density at radius 1 is 0.971 bits per heavy atom. The Morgan fingerprint density at radius 2 is 1.69 bits per heavy atom. The summed E-state index contributed by atoms with van der Waals surface area (Å²) in [5, 5.41) is 5.05. The SMILES string of the molecule is O=C(CN(c1ccccc1F)S(=O)(=O)c1cccs1)Nc1ccccc1SCc1ccc(Cl)cc1. The molecule has 1 heterocycles. The minimum absolute atomic E-state index is 0.0208. The average Bonchev–Trinajstić information content (AvgIpc) is 3.40. The van der Waals surface area contributed by atoms with Crippen molar-refractivity contribution in [2.24, 2.45) is 0 Å². The fraction of sp³-hybridized carbons (Fsp3) is 0.0800. The maximum absolute atomic E-state index is 14.6. The predicted molar refractivity (Wildman–Crippen MR) is 141 cm³/mol. The Kier molecular flexibility index (Phi) is 8.12. The molecule has 0 radical (unpaired) electrons. The smallest absolute Gasteiger partial charge is 0.274 e. The lowest BCUT2D eigenvalue weighted by Gasteiger charge is -2.24. The van der Waals surface area contributed by atoms with Crippen molar-refractivity contribution in [1.82, 2.24) is 0 Å². The molecule has 0 unspecified atom stereocenters. The quantitative estimate of drug-likeness (QED) is 0.238. The van der Waals surface area contributed by atoms with Gasteiger partial charge in [0, 0.05) is 15.7 Å². The van der Waals surface area contributed by atoms with Crippen LogP contribution < -0.4 is 9.62 Å². The van der Waals surface area contributed by atoms with Gasteiger partial charge in [0.2, 0.25) is 5.91 Å². The third kappa shape index (κ3) is 6.24. The lowest BCUT2D eigenvalue weighted by molar-refractivity contribution is -0.114. The monoisotopic (exact) mass is 546 g/mol. The second-order valence-corrected chi connectivity index (χ2v) is 11.8. The molecule has 5 nitrogen and oxygen atoms in total. The van der Waals surface area contributed by atoms with Crippen LogP contribution in [0.3, 0.4) is 0 Å². The first-order chi connectivity index (χ1) is 16.8. The maximum atomic E-state index is 14.6. The molecule has 0 bridgehead atoms. The summed E-state index contributed by atoms with van der Waals surface area (Å²) in [6, 6.07) is 23.2. The lowest BCUT2D eigenvalue weighted by atomic mass is 10.2. The largest absolute Gasteiger partial charge is 0.323 e. The van der Waals surface area contributed by atoms with Crippen molar-refractivity contribution in [3.05, 3.63) is 107 Å². The van der Waals surface area contributed by atoms with Gasteiger partial charge in [-0.05, 0) is 53.4 Å². The van der Waals surface area contributed by atoms with Crippen LogP contribution in [0.1, 0.15) is 5.56 Å². The second kappa shape index (κ2) is 11.3. The van der Waals surface area contributed by atoms with Gasteiger partial charge in [0.1, 0.15) is 16.6 Å². The molecule has 0 fully saturated rings. The Balaban J connectivity index is 1.55. The molecule has 0 atom stereocenters. The zero-order chi connectivity index (χ0) is 24.8. The summed E-state index contributed by atoms with van der Waals surface area (Å²) in [6.45, 7) is -0.586. The van der Waals surface area contributed by atoms with E-state index in [0.717, 1.165) is 32.2 Å². The summed E-state index contributed by atoms with van der Waals surface area (Å²) in [7, 11) is -4.15. The normalized spacial score (nSPS) is 11.3. The van der Waals surface area contributed by atoms with Crippen LogP contribution >= 0.6 is 34.7 Å². The number of nitrogens with zero attached hydrogens (tertiary/aromatic N) is 1. The summed E-state index contributed by atoms with van der Waals surface area (Å²) >= 11 is 8.47. The Hall–Kier alpha value is -2.85. The summed E-state index contributed by atoms with van der Waals surface area (Å²) < 4.78 is 41.9. The van der Waals surface area contributed by atoms with Crippen LogP contribution in [0, 0.1) is 5.82 Å². The number of rotatable bonds is 9. The number of amides is 1. The number of carbonyl (C=O) groups is 1. The fourth-order valence-corrected chi connectivity index (χ4v) is 6.85. The standard InChI is InChI=1S/C25H20ClFN2O3S3/c26-19-13-11-18(12-14-19)17-34-23-9-4-2-7-21(23)28-24(30)16-29(22-8-3-1-6-20(22)27)35(31,32)25-10-5-15-33-25/h1-15H,16-17H2,(H,28,30). The van der Waals surface area contributed by atoms with Crippen LogP contribution in [0.15, 0.2) is 99.4 Å². The maximum Gasteiger partial charge on any atom is 0.274 e. The molecule has 1 amide bonds. The van der Waals surface area contributed by atoms with Crippen molar-refractivity contribution in [1.29, 1.82) is 0 Å². The van der Waals surface area contributed by atoms with E-state index in [0.29, 0.717) is 16.5 Å². The molecule has 180 valence electrons. The van der Waals surface area contributed by atoms with Crippen molar-refractivity contribution in [3.8, 4) is 0 Å². The van der Waals surface area contributed by atoms with Gasteiger partial charge in [-0.2, -0.15) is 0 Å². The molecule has 10 heteroatoms. The van der Waals surface area contributed by atoms with Gasteiger partial charge in [0.15, 0.2) is 0 Å². The number of para-hydroxylation sites is 2. The van der Waals surface area contributed by atoms with Crippen LogP contribution in [-0.2, 0) is 20.6 Å². The summed E-state index contributed by atoms with van der Waals surface area (Å²) in [5.41, 5.74) is 1.41. The Morgan fingerprint density at radius 3 is 2.40 bits per heavy atom. The van der Waals surface area contributed by atoms with Crippen molar-refractivity contribution in [2.75, 3.05) is 16.2 Å². The van der Waals surface area contributed by atoms with Crippen molar-refractivity contribution >= 4 is 62.0 Å². The first-order valence-corrected chi connectivity index (χ1v) is 14.1. The summed E-state index contributed by atoms with van der Waals surface area (Å²) in [4.78, 5) is 13.8. The summed E-state index contributed by atoms with van der Waals surface area (Å²) in [5.74, 6) is -0.676. The molecule has 4 aromatic rings. The van der Waals surface area contributed by atoms with Crippen LogP contribution in [0.4, 0.5) is 15.8 Å². The molecule has 0 spiro atoms. The van der Waals surface area contributed by atoms with Gasteiger partial charge < -0.3 is 5.32 Å². The van der Waals surface area contributed by atoms with Gasteiger partial charge in [-0.15, -0.1) is 23.1 Å². The molecule has 0 aliphatic rings. The minimum atomic E-state index is -4.15. The summed E-state index contributed by atoms with van der Waals surface area (Å²) in [6.07, 6.45) is 0. The van der Waals surface area contributed by atoms with Crippen molar-refractivity contribution in [2.45, 2.75) is 14.9 Å². The number of anilines is 2. The number of hydrogen-bond donors (Lipinski definition) is 1. The highest BCUT2D eigenvalue weighted by molar-refractivity contribution is 7.98. The average molecular weight is 547 g/mol. The number of thiophene rings is 1.